The molecule has 1 fully saturated rings. The fourth-order valence-corrected chi connectivity index (χ4v) is 6.08. The van der Waals surface area contributed by atoms with E-state index in [9.17, 15) is 23.3 Å². The third-order valence-electron chi connectivity index (χ3n) is 5.89. The van der Waals surface area contributed by atoms with Crippen molar-refractivity contribution in [3.63, 3.8) is 0 Å². The summed E-state index contributed by atoms with van der Waals surface area (Å²) in [6.07, 6.45) is 3.73. The molecule has 0 radical (unpaired) electrons. The number of hydrogen-bond acceptors (Lipinski definition) is 7. The molecule has 3 aromatic rings. The van der Waals surface area contributed by atoms with E-state index in [1.165, 1.54) is 17.0 Å². The zero-order chi connectivity index (χ0) is 26.1. The topological polar surface area (TPSA) is 139 Å². The molecule has 36 heavy (non-hydrogen) atoms. The molecule has 1 atom stereocenters. The maximum absolute atomic E-state index is 14.1. The number of benzene rings is 1. The smallest absolute Gasteiger partial charge is 0.410 e. The fourth-order valence-electron chi connectivity index (χ4n) is 4.36. The third-order valence-corrected chi connectivity index (χ3v) is 7.75. The van der Waals surface area contributed by atoms with Crippen molar-refractivity contribution in [2.75, 3.05) is 17.4 Å². The lowest BCUT2D eigenvalue weighted by Crippen LogP contribution is -2.48. The van der Waals surface area contributed by atoms with Crippen molar-refractivity contribution in [2.24, 2.45) is 0 Å². The quantitative estimate of drug-likeness (QED) is 0.391. The van der Waals surface area contributed by atoms with Crippen LogP contribution in [0.5, 0.6) is 0 Å². The Balaban J connectivity index is 1.90. The molecule has 0 spiro atoms. The number of nitrogens with zero attached hydrogens (tertiary/aromatic N) is 4. The van der Waals surface area contributed by atoms with Crippen LogP contribution in [0.2, 0.25) is 0 Å². The lowest BCUT2D eigenvalue weighted by molar-refractivity contribution is -0.384. The number of likely N-dealkylation sites (tertiary alicyclic amines) is 1. The average Bonchev–Trinajstić information content (AvgIpc) is 3.16. The summed E-state index contributed by atoms with van der Waals surface area (Å²) in [4.78, 5) is 32.9. The van der Waals surface area contributed by atoms with E-state index in [2.05, 4.69) is 9.97 Å². The van der Waals surface area contributed by atoms with Gasteiger partial charge in [0.25, 0.3) is 10.0 Å². The van der Waals surface area contributed by atoms with E-state index in [1.807, 2.05) is 0 Å². The molecule has 0 saturated carbocycles. The van der Waals surface area contributed by atoms with Crippen molar-refractivity contribution in [1.29, 1.82) is 0 Å². The van der Waals surface area contributed by atoms with E-state index in [0.29, 0.717) is 36.8 Å². The first-order chi connectivity index (χ1) is 17.0. The Kier molecular flexibility index (Phi) is 6.90. The largest absolute Gasteiger partial charge is 0.444 e. The van der Waals surface area contributed by atoms with Crippen LogP contribution < -0.4 is 4.31 Å². The number of aromatic amines is 1. The number of hydrogen-bond donors (Lipinski definition) is 1. The third kappa shape index (κ3) is 5.13. The van der Waals surface area contributed by atoms with Gasteiger partial charge >= 0.3 is 11.8 Å². The molecule has 192 valence electrons. The minimum absolute atomic E-state index is 0.00661. The number of carbonyl (C=O) groups is 1. The van der Waals surface area contributed by atoms with Crippen LogP contribution in [0.25, 0.3) is 11.0 Å². The highest BCUT2D eigenvalue weighted by Gasteiger charge is 2.40. The number of nitro groups is 1. The molecule has 1 amide bonds. The number of carbonyl (C=O) groups excluding carboxylic acids is 1. The number of pyridine rings is 1. The van der Waals surface area contributed by atoms with E-state index in [-0.39, 0.29) is 17.1 Å². The monoisotopic (exact) mass is 515 g/mol. The second kappa shape index (κ2) is 9.76. The standard InChI is InChI=1S/C24H29N5O6S/c1-24(2,3)35-23(30)27-14-8-7-9-17(16-27)28(36(33,34)18-10-5-4-6-11-18)21-19-12-13-25-22(19)26-15-20(21)29(31)32/h4-6,10-13,15,17H,7-9,14,16H2,1-3H3,(H,25,26). The van der Waals surface area contributed by atoms with Gasteiger partial charge in [-0.25, -0.2) is 18.2 Å². The fraction of sp³-hybridized carbons (Fsp3) is 0.417. The number of H-pyrrole nitrogens is 1. The summed E-state index contributed by atoms with van der Waals surface area (Å²) in [5.74, 6) is 0. The molecule has 2 aromatic heterocycles. The van der Waals surface area contributed by atoms with Crippen LogP contribution >= 0.6 is 0 Å². The van der Waals surface area contributed by atoms with E-state index < -0.39 is 38.4 Å². The van der Waals surface area contributed by atoms with Crippen LogP contribution in [0.3, 0.4) is 0 Å². The highest BCUT2D eigenvalue weighted by atomic mass is 32.2. The predicted molar refractivity (Wildman–Crippen MR) is 134 cm³/mol. The van der Waals surface area contributed by atoms with E-state index in [0.717, 1.165) is 10.5 Å². The molecule has 12 heteroatoms. The molecule has 1 aliphatic rings. The predicted octanol–water partition coefficient (Wildman–Crippen LogP) is 4.46. The zero-order valence-electron chi connectivity index (χ0n) is 20.4. The highest BCUT2D eigenvalue weighted by molar-refractivity contribution is 7.93. The maximum atomic E-state index is 14.1. The van der Waals surface area contributed by atoms with E-state index in [1.54, 1.807) is 51.2 Å². The second-order valence-electron chi connectivity index (χ2n) is 9.68. The number of nitrogens with one attached hydrogen (secondary N) is 1. The highest BCUT2D eigenvalue weighted by Crippen LogP contribution is 2.40. The van der Waals surface area contributed by atoms with Crippen LogP contribution in [-0.2, 0) is 14.8 Å². The number of sulfonamides is 1. The molecular formula is C24H29N5O6S. The Morgan fingerprint density at radius 3 is 2.61 bits per heavy atom. The summed E-state index contributed by atoms with van der Waals surface area (Å²) in [7, 11) is -4.27. The Morgan fingerprint density at radius 1 is 1.22 bits per heavy atom. The van der Waals surface area contributed by atoms with Crippen LogP contribution in [0.15, 0.2) is 53.7 Å². The number of ether oxygens (including phenoxy) is 1. The van der Waals surface area contributed by atoms with Gasteiger partial charge in [0.1, 0.15) is 23.1 Å². The molecule has 4 rings (SSSR count). The van der Waals surface area contributed by atoms with Gasteiger partial charge in [-0.1, -0.05) is 18.2 Å². The Hall–Kier alpha value is -3.67. The van der Waals surface area contributed by atoms with Crippen molar-refractivity contribution in [3.8, 4) is 0 Å². The summed E-state index contributed by atoms with van der Waals surface area (Å²) >= 11 is 0. The molecule has 0 aliphatic carbocycles. The first-order valence-corrected chi connectivity index (χ1v) is 13.1. The summed E-state index contributed by atoms with van der Waals surface area (Å²) in [6.45, 7) is 5.69. The normalized spacial score (nSPS) is 17.0. The number of amides is 1. The minimum atomic E-state index is -4.27. The van der Waals surface area contributed by atoms with Gasteiger partial charge in [-0.05, 0) is 58.2 Å². The average molecular weight is 516 g/mol. The van der Waals surface area contributed by atoms with Crippen LogP contribution in [0.1, 0.15) is 40.0 Å². The zero-order valence-corrected chi connectivity index (χ0v) is 21.2. The van der Waals surface area contributed by atoms with Crippen LogP contribution in [-0.4, -0.2) is 59.0 Å². The molecule has 0 bridgehead atoms. The molecule has 1 aromatic carbocycles. The molecule has 1 unspecified atom stereocenters. The molecule has 1 saturated heterocycles. The van der Waals surface area contributed by atoms with Crippen LogP contribution in [0.4, 0.5) is 16.2 Å². The first-order valence-electron chi connectivity index (χ1n) is 11.7. The lowest BCUT2D eigenvalue weighted by Gasteiger charge is -2.35. The van der Waals surface area contributed by atoms with Crippen molar-refractivity contribution >= 4 is 38.5 Å². The van der Waals surface area contributed by atoms with Crippen molar-refractivity contribution in [1.82, 2.24) is 14.9 Å². The number of aromatic nitrogens is 2. The molecule has 1 aliphatic heterocycles. The van der Waals surface area contributed by atoms with Gasteiger partial charge in [0.05, 0.1) is 21.2 Å². The minimum Gasteiger partial charge on any atom is -0.444 e. The van der Waals surface area contributed by atoms with Crippen molar-refractivity contribution < 1.29 is 22.9 Å². The molecular weight excluding hydrogens is 486 g/mol. The summed E-state index contributed by atoms with van der Waals surface area (Å²) in [5, 5.41) is 12.4. The van der Waals surface area contributed by atoms with E-state index >= 15 is 0 Å². The SMILES string of the molecule is CC(C)(C)OC(=O)N1CCCCC(N(c2c([N+](=O)[O-])cnc3[nH]ccc23)S(=O)(=O)c2ccccc2)C1. The van der Waals surface area contributed by atoms with Gasteiger partial charge in [-0.2, -0.15) is 0 Å². The van der Waals surface area contributed by atoms with E-state index in [4.69, 9.17) is 4.74 Å². The number of fused-ring (bicyclic) bond motifs is 1. The Bertz CT molecular complexity index is 1370. The van der Waals surface area contributed by atoms with Crippen LogP contribution in [0, 0.1) is 10.1 Å². The van der Waals surface area contributed by atoms with Gasteiger partial charge in [0, 0.05) is 19.3 Å². The van der Waals surface area contributed by atoms with Gasteiger partial charge in [0.2, 0.25) is 0 Å². The maximum Gasteiger partial charge on any atom is 0.410 e. The Morgan fingerprint density at radius 2 is 1.94 bits per heavy atom. The summed E-state index contributed by atoms with van der Waals surface area (Å²) in [5.41, 5.74) is -0.919. The second-order valence-corrected chi connectivity index (χ2v) is 11.5. The molecule has 11 nitrogen and oxygen atoms in total. The van der Waals surface area contributed by atoms with Gasteiger partial charge in [0.15, 0.2) is 0 Å². The van der Waals surface area contributed by atoms with Gasteiger partial charge < -0.3 is 14.6 Å². The number of rotatable bonds is 5. The molecule has 3 heterocycles. The van der Waals surface area contributed by atoms with Crippen molar-refractivity contribution in [3.05, 3.63) is 58.9 Å². The molecule has 1 N–H and O–H groups in total. The Labute approximate surface area is 209 Å². The van der Waals surface area contributed by atoms with Gasteiger partial charge in [-0.3, -0.25) is 14.4 Å². The summed E-state index contributed by atoms with van der Waals surface area (Å²) in [6, 6.07) is 8.58. The van der Waals surface area contributed by atoms with Crippen molar-refractivity contribution in [2.45, 2.75) is 56.6 Å². The summed E-state index contributed by atoms with van der Waals surface area (Å²) < 4.78 is 34.9. The number of anilines is 1. The first kappa shape index (κ1) is 25.4. The lowest BCUT2D eigenvalue weighted by atomic mass is 10.1. The van der Waals surface area contributed by atoms with Gasteiger partial charge in [-0.15, -0.1) is 0 Å².